The largest absolute Gasteiger partial charge is 0.365 e. The standard InChI is InChI=1S/C14H14BrN5/c1-2-17-14-19-9-12(15)13(20-14)18-8-11-5-3-4-10(6-11)7-16/h3-6,9H,2,8H2,1H3,(H2,17,18,19,20). The number of anilines is 2. The Labute approximate surface area is 126 Å². The van der Waals surface area contributed by atoms with Crippen LogP contribution in [0.4, 0.5) is 11.8 Å². The molecule has 0 aliphatic heterocycles. The molecule has 0 spiro atoms. The minimum Gasteiger partial charge on any atom is -0.365 e. The van der Waals surface area contributed by atoms with Gasteiger partial charge in [-0.2, -0.15) is 10.2 Å². The van der Waals surface area contributed by atoms with Crippen LogP contribution in [0.1, 0.15) is 18.1 Å². The van der Waals surface area contributed by atoms with Crippen LogP contribution >= 0.6 is 15.9 Å². The summed E-state index contributed by atoms with van der Waals surface area (Å²) in [6, 6.07) is 9.61. The first-order valence-corrected chi connectivity index (χ1v) is 7.01. The Morgan fingerprint density at radius 3 is 2.95 bits per heavy atom. The van der Waals surface area contributed by atoms with Crippen molar-refractivity contribution in [3.8, 4) is 6.07 Å². The van der Waals surface area contributed by atoms with Crippen LogP contribution in [-0.4, -0.2) is 16.5 Å². The second kappa shape index (κ2) is 6.87. The molecule has 1 aromatic carbocycles. The Balaban J connectivity index is 2.10. The van der Waals surface area contributed by atoms with E-state index < -0.39 is 0 Å². The maximum atomic E-state index is 8.88. The number of rotatable bonds is 5. The van der Waals surface area contributed by atoms with Crippen molar-refractivity contribution < 1.29 is 0 Å². The number of benzene rings is 1. The van der Waals surface area contributed by atoms with E-state index in [0.717, 1.165) is 22.4 Å². The quantitative estimate of drug-likeness (QED) is 0.880. The summed E-state index contributed by atoms with van der Waals surface area (Å²) >= 11 is 3.42. The highest BCUT2D eigenvalue weighted by Gasteiger charge is 2.04. The first-order valence-electron chi connectivity index (χ1n) is 6.22. The molecule has 0 atom stereocenters. The molecule has 0 fully saturated rings. The molecule has 0 amide bonds. The zero-order valence-corrected chi connectivity index (χ0v) is 12.6. The molecule has 0 aliphatic carbocycles. The molecule has 1 aromatic heterocycles. The van der Waals surface area contributed by atoms with Crippen molar-refractivity contribution >= 4 is 27.7 Å². The van der Waals surface area contributed by atoms with Crippen molar-refractivity contribution in [2.45, 2.75) is 13.5 Å². The van der Waals surface area contributed by atoms with Gasteiger partial charge in [-0.1, -0.05) is 12.1 Å². The number of nitriles is 1. The van der Waals surface area contributed by atoms with Crippen molar-refractivity contribution in [3.63, 3.8) is 0 Å². The third kappa shape index (κ3) is 3.68. The molecule has 20 heavy (non-hydrogen) atoms. The van der Waals surface area contributed by atoms with Crippen molar-refractivity contribution in [1.29, 1.82) is 5.26 Å². The topological polar surface area (TPSA) is 73.6 Å². The van der Waals surface area contributed by atoms with Crippen molar-refractivity contribution in [2.24, 2.45) is 0 Å². The van der Waals surface area contributed by atoms with Crippen LogP contribution in [0.3, 0.4) is 0 Å². The lowest BCUT2D eigenvalue weighted by Gasteiger charge is -2.09. The Bertz CT molecular complexity index is 636. The fourth-order valence-electron chi connectivity index (χ4n) is 1.67. The van der Waals surface area contributed by atoms with Gasteiger partial charge in [-0.25, -0.2) is 4.98 Å². The van der Waals surface area contributed by atoms with Gasteiger partial charge in [0.05, 0.1) is 16.1 Å². The maximum Gasteiger partial charge on any atom is 0.224 e. The second-order valence-electron chi connectivity index (χ2n) is 4.09. The number of halogens is 1. The lowest BCUT2D eigenvalue weighted by Crippen LogP contribution is -2.07. The number of hydrogen-bond acceptors (Lipinski definition) is 5. The first-order chi connectivity index (χ1) is 9.72. The molecule has 0 saturated heterocycles. The molecule has 2 aromatic rings. The Kier molecular flexibility index (Phi) is 4.91. The molecule has 2 N–H and O–H groups in total. The van der Waals surface area contributed by atoms with Gasteiger partial charge in [0.25, 0.3) is 0 Å². The SMILES string of the molecule is CCNc1ncc(Br)c(NCc2cccc(C#N)c2)n1. The van der Waals surface area contributed by atoms with Crippen LogP contribution in [0.5, 0.6) is 0 Å². The number of nitrogens with one attached hydrogen (secondary N) is 2. The maximum absolute atomic E-state index is 8.88. The molecule has 6 heteroatoms. The van der Waals surface area contributed by atoms with Crippen LogP contribution in [0.2, 0.25) is 0 Å². The van der Waals surface area contributed by atoms with E-state index in [1.165, 1.54) is 0 Å². The van der Waals surface area contributed by atoms with E-state index in [9.17, 15) is 0 Å². The van der Waals surface area contributed by atoms with Crippen LogP contribution in [0, 0.1) is 11.3 Å². The van der Waals surface area contributed by atoms with E-state index in [0.29, 0.717) is 18.1 Å². The lowest BCUT2D eigenvalue weighted by atomic mass is 10.1. The van der Waals surface area contributed by atoms with Gasteiger partial charge in [-0.05, 0) is 40.5 Å². The molecule has 102 valence electrons. The van der Waals surface area contributed by atoms with Crippen molar-refractivity contribution in [2.75, 3.05) is 17.2 Å². The predicted molar refractivity (Wildman–Crippen MR) is 82.4 cm³/mol. The highest BCUT2D eigenvalue weighted by atomic mass is 79.9. The molecule has 1 heterocycles. The summed E-state index contributed by atoms with van der Waals surface area (Å²) in [5.74, 6) is 1.31. The molecule has 0 radical (unpaired) electrons. The minimum atomic E-state index is 0.587. The highest BCUT2D eigenvalue weighted by molar-refractivity contribution is 9.10. The van der Waals surface area contributed by atoms with E-state index >= 15 is 0 Å². The summed E-state index contributed by atoms with van der Waals surface area (Å²) in [6.45, 7) is 3.36. The summed E-state index contributed by atoms with van der Waals surface area (Å²) < 4.78 is 0.801. The van der Waals surface area contributed by atoms with Crippen LogP contribution in [0.15, 0.2) is 34.9 Å². The summed E-state index contributed by atoms with van der Waals surface area (Å²) in [6.07, 6.45) is 1.71. The van der Waals surface area contributed by atoms with Crippen molar-refractivity contribution in [1.82, 2.24) is 9.97 Å². The summed E-state index contributed by atoms with van der Waals surface area (Å²) in [5, 5.41) is 15.2. The predicted octanol–water partition coefficient (Wildman–Crippen LogP) is 3.15. The number of nitrogens with zero attached hydrogens (tertiary/aromatic N) is 3. The fraction of sp³-hybridized carbons (Fsp3) is 0.214. The van der Waals surface area contributed by atoms with Crippen LogP contribution < -0.4 is 10.6 Å². The van der Waals surface area contributed by atoms with E-state index in [-0.39, 0.29) is 0 Å². The van der Waals surface area contributed by atoms with E-state index in [4.69, 9.17) is 5.26 Å². The number of aromatic nitrogens is 2. The third-order valence-corrected chi connectivity index (χ3v) is 3.18. The molecule has 0 bridgehead atoms. The van der Waals surface area contributed by atoms with Gasteiger partial charge in [-0.3, -0.25) is 0 Å². The molecular weight excluding hydrogens is 318 g/mol. The van der Waals surface area contributed by atoms with E-state index in [1.54, 1.807) is 12.3 Å². The average Bonchev–Trinajstić information content (AvgIpc) is 2.48. The molecule has 2 rings (SSSR count). The van der Waals surface area contributed by atoms with Gasteiger partial charge in [0.1, 0.15) is 5.82 Å². The third-order valence-electron chi connectivity index (χ3n) is 2.60. The van der Waals surface area contributed by atoms with E-state index in [2.05, 4.69) is 42.6 Å². The average molecular weight is 332 g/mol. The van der Waals surface area contributed by atoms with Gasteiger partial charge in [0.2, 0.25) is 5.95 Å². The smallest absolute Gasteiger partial charge is 0.224 e. The summed E-state index contributed by atoms with van der Waals surface area (Å²) in [7, 11) is 0. The van der Waals surface area contributed by atoms with Crippen LogP contribution in [0.25, 0.3) is 0 Å². The Hall–Kier alpha value is -2.13. The Morgan fingerprint density at radius 1 is 1.35 bits per heavy atom. The zero-order chi connectivity index (χ0) is 14.4. The minimum absolute atomic E-state index is 0.587. The Morgan fingerprint density at radius 2 is 2.20 bits per heavy atom. The van der Waals surface area contributed by atoms with Gasteiger partial charge >= 0.3 is 0 Å². The molecular formula is C14H14BrN5. The van der Waals surface area contributed by atoms with Crippen LogP contribution in [-0.2, 0) is 6.54 Å². The second-order valence-corrected chi connectivity index (χ2v) is 4.94. The van der Waals surface area contributed by atoms with Gasteiger partial charge < -0.3 is 10.6 Å². The van der Waals surface area contributed by atoms with Gasteiger partial charge in [0, 0.05) is 19.3 Å². The normalized spacial score (nSPS) is 9.85. The summed E-state index contributed by atoms with van der Waals surface area (Å²) in [5.41, 5.74) is 1.68. The first kappa shape index (κ1) is 14.3. The molecule has 5 nitrogen and oxygen atoms in total. The van der Waals surface area contributed by atoms with Gasteiger partial charge in [0.15, 0.2) is 0 Å². The highest BCUT2D eigenvalue weighted by Crippen LogP contribution is 2.20. The van der Waals surface area contributed by atoms with Gasteiger partial charge in [-0.15, -0.1) is 0 Å². The fourth-order valence-corrected chi connectivity index (χ4v) is 2.00. The monoisotopic (exact) mass is 331 g/mol. The van der Waals surface area contributed by atoms with Crippen molar-refractivity contribution in [3.05, 3.63) is 46.1 Å². The van der Waals surface area contributed by atoms with E-state index in [1.807, 2.05) is 25.1 Å². The summed E-state index contributed by atoms with van der Waals surface area (Å²) in [4.78, 5) is 8.53. The zero-order valence-electron chi connectivity index (χ0n) is 11.0. The molecule has 0 unspecified atom stereocenters. The molecule has 0 aliphatic rings. The lowest BCUT2D eigenvalue weighted by molar-refractivity contribution is 1.04. The molecule has 0 saturated carbocycles. The number of hydrogen-bond donors (Lipinski definition) is 2.